The molecule has 0 saturated carbocycles. The molecule has 1 amide bonds. The van der Waals surface area contributed by atoms with Crippen molar-refractivity contribution in [3.05, 3.63) is 71.0 Å². The molecule has 1 heterocycles. The fraction of sp³-hybridized carbons (Fsp3) is 0.111. The van der Waals surface area contributed by atoms with Crippen LogP contribution in [0.4, 0.5) is 32.0 Å². The predicted octanol–water partition coefficient (Wildman–Crippen LogP) is 5.70. The number of nitrogens with zero attached hydrogens (tertiary/aromatic N) is 2. The van der Waals surface area contributed by atoms with Crippen LogP contribution in [0.15, 0.2) is 54.7 Å². The first kappa shape index (κ1) is 21.5. The summed E-state index contributed by atoms with van der Waals surface area (Å²) in [5.41, 5.74) is -2.17. The highest BCUT2D eigenvalue weighted by Gasteiger charge is 2.40. The van der Waals surface area contributed by atoms with Crippen LogP contribution in [-0.2, 0) is 6.18 Å². The van der Waals surface area contributed by atoms with Crippen molar-refractivity contribution in [3.63, 3.8) is 0 Å². The van der Waals surface area contributed by atoms with Gasteiger partial charge in [0.25, 0.3) is 5.91 Å². The summed E-state index contributed by atoms with van der Waals surface area (Å²) in [5.74, 6) is -1.70. The van der Waals surface area contributed by atoms with Gasteiger partial charge < -0.3 is 10.1 Å². The van der Waals surface area contributed by atoms with E-state index in [0.29, 0.717) is 4.68 Å². The number of ether oxygens (including phenoxy) is 1. The number of carbonyl (C=O) groups excluding carboxylic acids is 1. The van der Waals surface area contributed by atoms with Crippen LogP contribution in [0.5, 0.6) is 5.75 Å². The zero-order valence-corrected chi connectivity index (χ0v) is 15.3. The Bertz CT molecular complexity index is 1060. The van der Waals surface area contributed by atoms with E-state index >= 15 is 0 Å². The molecule has 158 valence electrons. The van der Waals surface area contributed by atoms with Crippen LogP contribution in [0, 0.1) is 0 Å². The Labute approximate surface area is 169 Å². The van der Waals surface area contributed by atoms with Crippen molar-refractivity contribution in [2.75, 3.05) is 5.32 Å². The van der Waals surface area contributed by atoms with Gasteiger partial charge in [-0.2, -0.15) is 18.3 Å². The van der Waals surface area contributed by atoms with E-state index in [2.05, 4.69) is 15.2 Å². The zero-order chi connectivity index (χ0) is 22.1. The maximum absolute atomic E-state index is 13.6. The van der Waals surface area contributed by atoms with Crippen molar-refractivity contribution in [2.24, 2.45) is 0 Å². The highest BCUT2D eigenvalue weighted by Crippen LogP contribution is 2.34. The predicted molar refractivity (Wildman–Crippen MR) is 94.7 cm³/mol. The average Bonchev–Trinajstić information content (AvgIpc) is 3.08. The molecule has 0 spiro atoms. The third-order valence-electron chi connectivity index (χ3n) is 3.68. The van der Waals surface area contributed by atoms with E-state index in [1.165, 1.54) is 24.3 Å². The number of amides is 1. The second kappa shape index (κ2) is 7.90. The van der Waals surface area contributed by atoms with E-state index in [-0.39, 0.29) is 16.4 Å². The monoisotopic (exact) mass is 449 g/mol. The van der Waals surface area contributed by atoms with Crippen molar-refractivity contribution in [1.29, 1.82) is 0 Å². The number of carbonyl (C=O) groups is 1. The minimum Gasteiger partial charge on any atom is -0.406 e. The maximum atomic E-state index is 13.6. The van der Waals surface area contributed by atoms with Gasteiger partial charge in [0.15, 0.2) is 5.69 Å². The lowest BCUT2D eigenvalue weighted by Gasteiger charge is -2.13. The van der Waals surface area contributed by atoms with E-state index < -0.39 is 35.5 Å². The SMILES string of the molecule is O=C(Nc1ccc(OC(F)(F)F)cc1)c1cnn(-c2cccc(Cl)c2)c1C(F)(F)F. The summed E-state index contributed by atoms with van der Waals surface area (Å²) in [6.45, 7) is 0. The van der Waals surface area contributed by atoms with Crippen LogP contribution in [0.25, 0.3) is 5.69 Å². The molecule has 1 N–H and O–H groups in total. The average molecular weight is 450 g/mol. The fourth-order valence-corrected chi connectivity index (χ4v) is 2.71. The molecule has 3 aromatic rings. The molecular weight excluding hydrogens is 440 g/mol. The molecule has 0 fully saturated rings. The highest BCUT2D eigenvalue weighted by atomic mass is 35.5. The Morgan fingerprint density at radius 2 is 1.70 bits per heavy atom. The molecule has 2 aromatic carbocycles. The summed E-state index contributed by atoms with van der Waals surface area (Å²) in [4.78, 5) is 12.4. The number of aromatic nitrogens is 2. The fourth-order valence-electron chi connectivity index (χ4n) is 2.53. The van der Waals surface area contributed by atoms with E-state index in [9.17, 15) is 31.1 Å². The number of halogens is 7. The second-order valence-corrected chi connectivity index (χ2v) is 6.26. The summed E-state index contributed by atoms with van der Waals surface area (Å²) in [6.07, 6.45) is -9.10. The van der Waals surface area contributed by atoms with Gasteiger partial charge in [-0.3, -0.25) is 4.79 Å². The number of benzene rings is 2. The molecule has 0 atom stereocenters. The molecule has 3 rings (SSSR count). The Morgan fingerprint density at radius 3 is 2.27 bits per heavy atom. The van der Waals surface area contributed by atoms with Crippen molar-refractivity contribution < 1.29 is 35.9 Å². The van der Waals surface area contributed by atoms with Crippen LogP contribution >= 0.6 is 11.6 Å². The van der Waals surface area contributed by atoms with Gasteiger partial charge in [-0.1, -0.05) is 17.7 Å². The van der Waals surface area contributed by atoms with Crippen LogP contribution in [-0.4, -0.2) is 22.1 Å². The summed E-state index contributed by atoms with van der Waals surface area (Å²) in [5, 5.41) is 5.99. The molecule has 0 bridgehead atoms. The third-order valence-corrected chi connectivity index (χ3v) is 3.92. The number of rotatable bonds is 4. The van der Waals surface area contributed by atoms with Gasteiger partial charge in [-0.25, -0.2) is 4.68 Å². The first-order valence-corrected chi connectivity index (χ1v) is 8.40. The van der Waals surface area contributed by atoms with Gasteiger partial charge in [0.05, 0.1) is 17.4 Å². The lowest BCUT2D eigenvalue weighted by atomic mass is 10.2. The zero-order valence-electron chi connectivity index (χ0n) is 14.6. The van der Waals surface area contributed by atoms with Crippen LogP contribution in [0.3, 0.4) is 0 Å². The molecule has 0 aliphatic carbocycles. The van der Waals surface area contributed by atoms with Gasteiger partial charge in [-0.05, 0) is 42.5 Å². The minimum atomic E-state index is -4.93. The molecule has 0 radical (unpaired) electrons. The first-order valence-electron chi connectivity index (χ1n) is 8.02. The van der Waals surface area contributed by atoms with Crippen molar-refractivity contribution in [2.45, 2.75) is 12.5 Å². The van der Waals surface area contributed by atoms with E-state index in [0.717, 1.165) is 30.5 Å². The van der Waals surface area contributed by atoms with Gasteiger partial charge in [0.2, 0.25) is 0 Å². The molecule has 30 heavy (non-hydrogen) atoms. The summed E-state index contributed by atoms with van der Waals surface area (Å²) >= 11 is 5.81. The number of anilines is 1. The largest absolute Gasteiger partial charge is 0.573 e. The van der Waals surface area contributed by atoms with E-state index in [1.807, 2.05) is 0 Å². The molecule has 0 unspecified atom stereocenters. The smallest absolute Gasteiger partial charge is 0.406 e. The van der Waals surface area contributed by atoms with Crippen molar-refractivity contribution in [3.8, 4) is 11.4 Å². The maximum Gasteiger partial charge on any atom is 0.573 e. The minimum absolute atomic E-state index is 0.0115. The molecule has 0 aliphatic heterocycles. The first-order chi connectivity index (χ1) is 13.9. The van der Waals surface area contributed by atoms with Crippen LogP contribution < -0.4 is 10.1 Å². The van der Waals surface area contributed by atoms with Gasteiger partial charge in [0.1, 0.15) is 5.75 Å². The number of nitrogens with one attached hydrogen (secondary N) is 1. The lowest BCUT2D eigenvalue weighted by Crippen LogP contribution is -2.20. The molecule has 5 nitrogen and oxygen atoms in total. The number of hydrogen-bond acceptors (Lipinski definition) is 3. The van der Waals surface area contributed by atoms with E-state index in [1.54, 1.807) is 0 Å². The molecule has 0 aliphatic rings. The summed E-state index contributed by atoms with van der Waals surface area (Å²) in [7, 11) is 0. The standard InChI is InChI=1S/C18H10ClF6N3O2/c19-10-2-1-3-12(8-10)28-15(17(20,21)22)14(9-26-28)16(29)27-11-4-6-13(7-5-11)30-18(23,24)25/h1-9H,(H,27,29). The Balaban J connectivity index is 1.89. The second-order valence-electron chi connectivity index (χ2n) is 5.82. The third kappa shape index (κ3) is 5.03. The molecule has 0 saturated heterocycles. The normalized spacial score (nSPS) is 12.0. The van der Waals surface area contributed by atoms with Crippen LogP contribution in [0.2, 0.25) is 5.02 Å². The Morgan fingerprint density at radius 1 is 1.03 bits per heavy atom. The van der Waals surface area contributed by atoms with Crippen LogP contribution in [0.1, 0.15) is 16.1 Å². The van der Waals surface area contributed by atoms with Gasteiger partial charge in [-0.15, -0.1) is 13.2 Å². The summed E-state index contributed by atoms with van der Waals surface area (Å²) < 4.78 is 81.7. The molecule has 12 heteroatoms. The number of alkyl halides is 6. The molecular formula is C18H10ClF6N3O2. The van der Waals surface area contributed by atoms with Gasteiger partial charge >= 0.3 is 12.5 Å². The van der Waals surface area contributed by atoms with E-state index in [4.69, 9.17) is 11.6 Å². The van der Waals surface area contributed by atoms with Crippen molar-refractivity contribution >= 4 is 23.2 Å². The van der Waals surface area contributed by atoms with Crippen molar-refractivity contribution in [1.82, 2.24) is 9.78 Å². The Hall–Kier alpha value is -3.21. The summed E-state index contributed by atoms with van der Waals surface area (Å²) in [6, 6.07) is 9.36. The topological polar surface area (TPSA) is 56.1 Å². The highest BCUT2D eigenvalue weighted by molar-refractivity contribution is 6.30. The molecule has 1 aromatic heterocycles. The van der Waals surface area contributed by atoms with Gasteiger partial charge in [0, 0.05) is 10.7 Å². The number of hydrogen-bond donors (Lipinski definition) is 1. The lowest BCUT2D eigenvalue weighted by molar-refractivity contribution is -0.274. The quantitative estimate of drug-likeness (QED) is 0.520. The Kier molecular flexibility index (Phi) is 5.66.